The van der Waals surface area contributed by atoms with Crippen LogP contribution in [-0.2, 0) is 23.6 Å². The maximum Gasteiger partial charge on any atom is 0.240 e. The monoisotopic (exact) mass is 309 g/mol. The number of nitrogens with two attached hydrogens (primary N) is 2. The molecule has 1 aromatic heterocycles. The highest BCUT2D eigenvalue weighted by molar-refractivity contribution is 7.89. The molecule has 0 unspecified atom stereocenters. The summed E-state index contributed by atoms with van der Waals surface area (Å²) in [6.45, 7) is 4.53. The number of nitrogen functional groups attached to an aromatic ring is 1. The Hall–Kier alpha value is -2.06. The number of nitrogens with zero attached hydrogens (tertiary/aromatic N) is 2. The maximum absolute atomic E-state index is 11.3. The molecule has 8 heteroatoms. The van der Waals surface area contributed by atoms with Crippen molar-refractivity contribution in [3.8, 4) is 0 Å². The number of aromatic nitrogens is 2. The predicted octanol–water partition coefficient (Wildman–Crippen LogP) is 0.879. The zero-order chi connectivity index (χ0) is 15.8. The van der Waals surface area contributed by atoms with Gasteiger partial charge in [-0.15, -0.1) is 0 Å². The third kappa shape index (κ3) is 3.17. The van der Waals surface area contributed by atoms with Crippen molar-refractivity contribution in [3.05, 3.63) is 35.2 Å². The van der Waals surface area contributed by atoms with E-state index in [0.717, 1.165) is 22.6 Å². The molecule has 2 rings (SSSR count). The quantitative estimate of drug-likeness (QED) is 0.725. The van der Waals surface area contributed by atoms with Crippen LogP contribution < -0.4 is 16.2 Å². The zero-order valence-electron chi connectivity index (χ0n) is 12.2. The number of hydrogen-bond acceptors (Lipinski definition) is 5. The molecular weight excluding hydrogens is 290 g/mol. The van der Waals surface area contributed by atoms with Crippen LogP contribution in [0.15, 0.2) is 23.1 Å². The summed E-state index contributed by atoms with van der Waals surface area (Å²) in [5.41, 5.74) is 9.71. The van der Waals surface area contributed by atoms with Crippen LogP contribution in [0.3, 0.4) is 0 Å². The molecular formula is C13H19N5O2S. The lowest BCUT2D eigenvalue weighted by Crippen LogP contribution is -2.14. The molecule has 0 aliphatic rings. The molecule has 7 nitrogen and oxygen atoms in total. The minimum absolute atomic E-state index is 0.0678. The van der Waals surface area contributed by atoms with Crippen molar-refractivity contribution in [2.45, 2.75) is 25.3 Å². The topological polar surface area (TPSA) is 116 Å². The number of nitrogens with one attached hydrogen (secondary N) is 1. The SMILES string of the molecule is Cc1nn(C)c(C)c1CNc1ccc(S(N)(=O)=O)c(N)c1. The third-order valence-corrected chi connectivity index (χ3v) is 4.43. The Bertz CT molecular complexity index is 780. The number of anilines is 2. The second kappa shape index (κ2) is 5.38. The Balaban J connectivity index is 2.20. The van der Waals surface area contributed by atoms with Gasteiger partial charge in [-0.05, 0) is 32.0 Å². The molecule has 0 atom stereocenters. The Morgan fingerprint density at radius 2 is 2.00 bits per heavy atom. The van der Waals surface area contributed by atoms with Crippen LogP contribution in [0.2, 0.25) is 0 Å². The van der Waals surface area contributed by atoms with Crippen molar-refractivity contribution in [1.82, 2.24) is 9.78 Å². The van der Waals surface area contributed by atoms with Crippen molar-refractivity contribution < 1.29 is 8.42 Å². The summed E-state index contributed by atoms with van der Waals surface area (Å²) in [4.78, 5) is -0.0678. The molecule has 0 bridgehead atoms. The van der Waals surface area contributed by atoms with E-state index < -0.39 is 10.0 Å². The van der Waals surface area contributed by atoms with E-state index in [1.54, 1.807) is 12.1 Å². The van der Waals surface area contributed by atoms with Crippen LogP contribution in [-0.4, -0.2) is 18.2 Å². The average Bonchev–Trinajstić information content (AvgIpc) is 2.60. The molecule has 0 amide bonds. The fraction of sp³-hybridized carbons (Fsp3) is 0.308. The number of rotatable bonds is 4. The van der Waals surface area contributed by atoms with Gasteiger partial charge in [0.2, 0.25) is 10.0 Å². The fourth-order valence-corrected chi connectivity index (χ4v) is 2.83. The van der Waals surface area contributed by atoms with E-state index in [-0.39, 0.29) is 10.6 Å². The largest absolute Gasteiger partial charge is 0.398 e. The zero-order valence-corrected chi connectivity index (χ0v) is 13.0. The number of hydrogen-bond donors (Lipinski definition) is 3. The summed E-state index contributed by atoms with van der Waals surface area (Å²) in [5.74, 6) is 0. The van der Waals surface area contributed by atoms with Gasteiger partial charge in [-0.3, -0.25) is 4.68 Å². The number of benzene rings is 1. The van der Waals surface area contributed by atoms with Gasteiger partial charge >= 0.3 is 0 Å². The highest BCUT2D eigenvalue weighted by Gasteiger charge is 2.13. The lowest BCUT2D eigenvalue weighted by Gasteiger charge is -2.10. The van der Waals surface area contributed by atoms with Crippen molar-refractivity contribution in [1.29, 1.82) is 0 Å². The lowest BCUT2D eigenvalue weighted by molar-refractivity contribution is 0.598. The molecule has 0 aliphatic heterocycles. The predicted molar refractivity (Wildman–Crippen MR) is 82.2 cm³/mol. The molecule has 2 aromatic rings. The van der Waals surface area contributed by atoms with E-state index in [4.69, 9.17) is 10.9 Å². The Morgan fingerprint density at radius 3 is 2.48 bits per heavy atom. The van der Waals surface area contributed by atoms with Crippen LogP contribution in [0, 0.1) is 13.8 Å². The fourth-order valence-electron chi connectivity index (χ4n) is 2.18. The summed E-state index contributed by atoms with van der Waals surface area (Å²) in [6, 6.07) is 4.59. The first-order valence-electron chi connectivity index (χ1n) is 6.35. The minimum Gasteiger partial charge on any atom is -0.398 e. The molecule has 0 radical (unpaired) electrons. The third-order valence-electron chi connectivity index (χ3n) is 3.44. The van der Waals surface area contributed by atoms with Crippen molar-refractivity contribution in [3.63, 3.8) is 0 Å². The normalized spacial score (nSPS) is 11.6. The van der Waals surface area contributed by atoms with E-state index in [1.807, 2.05) is 25.6 Å². The molecule has 1 heterocycles. The van der Waals surface area contributed by atoms with Gasteiger partial charge in [0.25, 0.3) is 0 Å². The summed E-state index contributed by atoms with van der Waals surface area (Å²) in [5, 5.41) is 12.6. The summed E-state index contributed by atoms with van der Waals surface area (Å²) in [7, 11) is -1.90. The molecule has 0 aliphatic carbocycles. The second-order valence-electron chi connectivity index (χ2n) is 4.92. The van der Waals surface area contributed by atoms with Gasteiger partial charge in [-0.1, -0.05) is 0 Å². The van der Waals surface area contributed by atoms with Gasteiger partial charge in [-0.25, -0.2) is 13.6 Å². The number of aryl methyl sites for hydroxylation is 2. The lowest BCUT2D eigenvalue weighted by atomic mass is 10.2. The summed E-state index contributed by atoms with van der Waals surface area (Å²) >= 11 is 0. The summed E-state index contributed by atoms with van der Waals surface area (Å²) in [6.07, 6.45) is 0. The van der Waals surface area contributed by atoms with E-state index in [2.05, 4.69) is 10.4 Å². The Kier molecular flexibility index (Phi) is 3.93. The number of sulfonamides is 1. The van der Waals surface area contributed by atoms with Crippen molar-refractivity contribution in [2.75, 3.05) is 11.1 Å². The van der Waals surface area contributed by atoms with Gasteiger partial charge in [-0.2, -0.15) is 5.10 Å². The summed E-state index contributed by atoms with van der Waals surface area (Å²) < 4.78 is 24.4. The smallest absolute Gasteiger partial charge is 0.240 e. The van der Waals surface area contributed by atoms with Crippen LogP contribution in [0.25, 0.3) is 0 Å². The van der Waals surface area contributed by atoms with Crippen LogP contribution >= 0.6 is 0 Å². The van der Waals surface area contributed by atoms with Gasteiger partial charge in [0.1, 0.15) is 4.90 Å². The van der Waals surface area contributed by atoms with E-state index in [9.17, 15) is 8.42 Å². The molecule has 0 saturated carbocycles. The van der Waals surface area contributed by atoms with Crippen molar-refractivity contribution >= 4 is 21.4 Å². The van der Waals surface area contributed by atoms with E-state index in [0.29, 0.717) is 6.54 Å². The molecule has 5 N–H and O–H groups in total. The van der Waals surface area contributed by atoms with Crippen LogP contribution in [0.5, 0.6) is 0 Å². The van der Waals surface area contributed by atoms with Gasteiger partial charge in [0.05, 0.1) is 11.4 Å². The molecule has 0 fully saturated rings. The molecule has 1 aromatic carbocycles. The first-order valence-corrected chi connectivity index (χ1v) is 7.90. The molecule has 114 valence electrons. The standard InChI is InChI=1S/C13H19N5O2S/c1-8-11(9(2)18(3)17-8)7-16-10-4-5-13(12(14)6-10)21(15,19)20/h4-6,16H,7,14H2,1-3H3,(H2,15,19,20). The minimum atomic E-state index is -3.79. The highest BCUT2D eigenvalue weighted by atomic mass is 32.2. The molecule has 0 spiro atoms. The first kappa shape index (κ1) is 15.3. The average molecular weight is 309 g/mol. The van der Waals surface area contributed by atoms with Gasteiger partial charge in [0.15, 0.2) is 0 Å². The highest BCUT2D eigenvalue weighted by Crippen LogP contribution is 2.22. The Morgan fingerprint density at radius 1 is 1.33 bits per heavy atom. The van der Waals surface area contributed by atoms with Crippen LogP contribution in [0.1, 0.15) is 17.0 Å². The molecule has 0 saturated heterocycles. The maximum atomic E-state index is 11.3. The number of primary sulfonamides is 1. The Labute approximate surface area is 124 Å². The van der Waals surface area contributed by atoms with Gasteiger partial charge in [0, 0.05) is 30.5 Å². The van der Waals surface area contributed by atoms with E-state index >= 15 is 0 Å². The van der Waals surface area contributed by atoms with Crippen molar-refractivity contribution in [2.24, 2.45) is 12.2 Å². The first-order chi connectivity index (χ1) is 9.70. The van der Waals surface area contributed by atoms with Gasteiger partial charge < -0.3 is 11.1 Å². The molecule has 21 heavy (non-hydrogen) atoms. The van der Waals surface area contributed by atoms with E-state index in [1.165, 1.54) is 6.07 Å². The second-order valence-corrected chi connectivity index (χ2v) is 6.45. The van der Waals surface area contributed by atoms with Crippen LogP contribution in [0.4, 0.5) is 11.4 Å².